The van der Waals surface area contributed by atoms with Gasteiger partial charge in [-0.1, -0.05) is 6.07 Å². The molecule has 1 aromatic heterocycles. The topological polar surface area (TPSA) is 88.7 Å². The van der Waals surface area contributed by atoms with Crippen LogP contribution in [-0.2, 0) is 6.54 Å². The van der Waals surface area contributed by atoms with Crippen molar-refractivity contribution < 1.29 is 4.74 Å². The van der Waals surface area contributed by atoms with Crippen molar-refractivity contribution in [2.45, 2.75) is 26.3 Å². The largest absolute Gasteiger partial charge is 0.497 e. The van der Waals surface area contributed by atoms with E-state index >= 15 is 0 Å². The molecule has 8 heteroatoms. The number of ether oxygens (including phenoxy) is 1. The lowest BCUT2D eigenvalue weighted by Gasteiger charge is -2.16. The third-order valence-corrected chi connectivity index (χ3v) is 4.04. The van der Waals surface area contributed by atoms with E-state index < -0.39 is 0 Å². The molecule has 1 fully saturated rings. The molecule has 1 saturated heterocycles. The monoisotopic (exact) mass is 468 g/mol. The molecule has 0 radical (unpaired) electrons. The number of guanidine groups is 1. The third kappa shape index (κ3) is 5.45. The first-order valence-electron chi connectivity index (χ1n) is 8.44. The summed E-state index contributed by atoms with van der Waals surface area (Å²) in [6.07, 6.45) is 2.39. The smallest absolute Gasteiger partial charge is 0.225 e. The van der Waals surface area contributed by atoms with Gasteiger partial charge in [0.1, 0.15) is 5.75 Å². The van der Waals surface area contributed by atoms with E-state index in [0.717, 1.165) is 41.9 Å². The van der Waals surface area contributed by atoms with Crippen molar-refractivity contribution in [3.63, 3.8) is 0 Å². The molecule has 1 aromatic carbocycles. The molecular weight excluding hydrogens is 443 g/mol. The van der Waals surface area contributed by atoms with Gasteiger partial charge in [0.25, 0.3) is 0 Å². The molecule has 0 saturated carbocycles. The Balaban J connectivity index is 0.00000243. The predicted octanol–water partition coefficient (Wildman–Crippen LogP) is 2.94. The highest BCUT2D eigenvalue weighted by atomic mass is 127. The molecule has 0 atom stereocenters. The number of nitrogens with one attached hydrogen (secondary N) is 1. The Kier molecular flexibility index (Phi) is 7.43. The van der Waals surface area contributed by atoms with Crippen molar-refractivity contribution in [2.75, 3.05) is 30.4 Å². The molecule has 0 spiro atoms. The van der Waals surface area contributed by atoms with Crippen LogP contribution in [0.3, 0.4) is 0 Å². The maximum Gasteiger partial charge on any atom is 0.225 e. The summed E-state index contributed by atoms with van der Waals surface area (Å²) in [5, 5.41) is 3.07. The number of aromatic nitrogens is 2. The average Bonchev–Trinajstić information content (AvgIpc) is 3.14. The van der Waals surface area contributed by atoms with E-state index in [-0.39, 0.29) is 24.0 Å². The van der Waals surface area contributed by atoms with Crippen molar-refractivity contribution in [3.05, 3.63) is 41.7 Å². The first kappa shape index (κ1) is 20.2. The maximum atomic E-state index is 5.99. The first-order chi connectivity index (χ1) is 12.1. The second kappa shape index (κ2) is 9.56. The maximum absolute atomic E-state index is 5.99. The Morgan fingerprint density at radius 3 is 2.77 bits per heavy atom. The fourth-order valence-electron chi connectivity index (χ4n) is 2.81. The van der Waals surface area contributed by atoms with Crippen molar-refractivity contribution in [1.82, 2.24) is 9.97 Å². The van der Waals surface area contributed by atoms with Crippen LogP contribution < -0.4 is 20.7 Å². The van der Waals surface area contributed by atoms with Gasteiger partial charge in [0, 0.05) is 30.5 Å². The zero-order chi connectivity index (χ0) is 17.6. The number of aliphatic imine (C=N–C) groups is 1. The van der Waals surface area contributed by atoms with Crippen LogP contribution in [0.1, 0.15) is 24.2 Å². The average molecular weight is 468 g/mol. The van der Waals surface area contributed by atoms with Gasteiger partial charge in [0.05, 0.1) is 19.3 Å². The van der Waals surface area contributed by atoms with Gasteiger partial charge in [-0.05, 0) is 38.0 Å². The summed E-state index contributed by atoms with van der Waals surface area (Å²) in [7, 11) is 1.63. The minimum absolute atomic E-state index is 0. The molecular formula is C18H25IN6O. The van der Waals surface area contributed by atoms with Crippen LogP contribution in [0, 0.1) is 6.92 Å². The second-order valence-corrected chi connectivity index (χ2v) is 6.05. The molecule has 3 N–H and O–H groups in total. The third-order valence-electron chi connectivity index (χ3n) is 4.04. The van der Waals surface area contributed by atoms with E-state index in [0.29, 0.717) is 12.5 Å². The van der Waals surface area contributed by atoms with Gasteiger partial charge in [-0.2, -0.15) is 0 Å². The molecule has 0 amide bonds. The van der Waals surface area contributed by atoms with Crippen LogP contribution in [0.4, 0.5) is 11.6 Å². The molecule has 2 heterocycles. The molecule has 1 aliphatic heterocycles. The number of halogens is 1. The Labute approximate surface area is 171 Å². The Hall–Kier alpha value is -2.10. The number of benzene rings is 1. The van der Waals surface area contributed by atoms with Crippen LogP contribution in [0.5, 0.6) is 5.75 Å². The molecule has 0 bridgehead atoms. The number of hydrogen-bond acceptors (Lipinski definition) is 5. The van der Waals surface area contributed by atoms with Gasteiger partial charge in [0.15, 0.2) is 5.96 Å². The van der Waals surface area contributed by atoms with Crippen molar-refractivity contribution >= 4 is 41.6 Å². The van der Waals surface area contributed by atoms with Crippen LogP contribution in [-0.4, -0.2) is 36.1 Å². The zero-order valence-electron chi connectivity index (χ0n) is 15.1. The van der Waals surface area contributed by atoms with Gasteiger partial charge in [0.2, 0.25) is 5.95 Å². The number of anilines is 2. The summed E-state index contributed by atoms with van der Waals surface area (Å²) >= 11 is 0. The van der Waals surface area contributed by atoms with E-state index in [1.54, 1.807) is 7.11 Å². The van der Waals surface area contributed by atoms with Crippen LogP contribution in [0.2, 0.25) is 0 Å². The number of methoxy groups -OCH3 is 1. The zero-order valence-corrected chi connectivity index (χ0v) is 17.4. The number of nitrogens with two attached hydrogens (primary N) is 1. The summed E-state index contributed by atoms with van der Waals surface area (Å²) in [5.74, 6) is 1.90. The lowest BCUT2D eigenvalue weighted by molar-refractivity contribution is 0.415. The van der Waals surface area contributed by atoms with E-state index in [1.165, 1.54) is 12.8 Å². The van der Waals surface area contributed by atoms with E-state index in [4.69, 9.17) is 10.5 Å². The number of nitrogens with zero attached hydrogens (tertiary/aromatic N) is 4. The first-order valence-corrected chi connectivity index (χ1v) is 8.44. The molecule has 3 rings (SSSR count). The van der Waals surface area contributed by atoms with Gasteiger partial charge in [-0.25, -0.2) is 15.0 Å². The summed E-state index contributed by atoms with van der Waals surface area (Å²) in [6.45, 7) is 4.43. The quantitative estimate of drug-likeness (QED) is 0.399. The van der Waals surface area contributed by atoms with Crippen molar-refractivity contribution in [1.29, 1.82) is 0 Å². The van der Waals surface area contributed by atoms with Gasteiger partial charge in [-0.3, -0.25) is 0 Å². The predicted molar refractivity (Wildman–Crippen MR) is 116 cm³/mol. The van der Waals surface area contributed by atoms with Crippen molar-refractivity contribution in [2.24, 2.45) is 10.7 Å². The highest BCUT2D eigenvalue weighted by molar-refractivity contribution is 14.0. The molecule has 7 nitrogen and oxygen atoms in total. The van der Waals surface area contributed by atoms with Crippen LogP contribution >= 0.6 is 24.0 Å². The highest BCUT2D eigenvalue weighted by Gasteiger charge is 2.15. The normalized spacial score (nSPS) is 14.1. The van der Waals surface area contributed by atoms with Crippen LogP contribution in [0.15, 0.2) is 35.3 Å². The fraction of sp³-hybridized carbons (Fsp3) is 0.389. The Bertz CT molecular complexity index is 761. The summed E-state index contributed by atoms with van der Waals surface area (Å²) < 4.78 is 5.20. The molecule has 2 aromatic rings. The highest BCUT2D eigenvalue weighted by Crippen LogP contribution is 2.18. The van der Waals surface area contributed by atoms with Crippen LogP contribution in [0.25, 0.3) is 0 Å². The van der Waals surface area contributed by atoms with Gasteiger partial charge < -0.3 is 20.7 Å². The van der Waals surface area contributed by atoms with Crippen molar-refractivity contribution in [3.8, 4) is 5.75 Å². The lowest BCUT2D eigenvalue weighted by Crippen LogP contribution is -2.23. The lowest BCUT2D eigenvalue weighted by atomic mass is 10.3. The number of hydrogen-bond donors (Lipinski definition) is 2. The molecule has 26 heavy (non-hydrogen) atoms. The summed E-state index contributed by atoms with van der Waals surface area (Å²) in [6, 6.07) is 9.49. The molecule has 0 aliphatic carbocycles. The minimum Gasteiger partial charge on any atom is -0.497 e. The van der Waals surface area contributed by atoms with E-state index in [2.05, 4.69) is 25.2 Å². The summed E-state index contributed by atoms with van der Waals surface area (Å²) in [4.78, 5) is 15.8. The fourth-order valence-corrected chi connectivity index (χ4v) is 2.81. The van der Waals surface area contributed by atoms with E-state index in [1.807, 2.05) is 37.3 Å². The Morgan fingerprint density at radius 1 is 1.27 bits per heavy atom. The Morgan fingerprint density at radius 2 is 2.04 bits per heavy atom. The summed E-state index contributed by atoms with van der Waals surface area (Å²) in [5.41, 5.74) is 8.63. The number of rotatable bonds is 5. The van der Waals surface area contributed by atoms with Gasteiger partial charge >= 0.3 is 0 Å². The molecule has 140 valence electrons. The molecule has 0 unspecified atom stereocenters. The standard InChI is InChI=1S/C18H24N6O.HI/c1-13-10-15(23-18(21-13)24-8-3-4-9-24)12-20-17(19)22-14-6-5-7-16(11-14)25-2;/h5-7,10-11H,3-4,8-9,12H2,1-2H3,(H3,19,20,22);1H. The second-order valence-electron chi connectivity index (χ2n) is 6.05. The minimum atomic E-state index is 0. The SMILES string of the molecule is COc1cccc(NC(N)=NCc2cc(C)nc(N3CCCC3)n2)c1.I. The van der Waals surface area contributed by atoms with Gasteiger partial charge in [-0.15, -0.1) is 24.0 Å². The molecule has 1 aliphatic rings. The number of aryl methyl sites for hydroxylation is 1. The van der Waals surface area contributed by atoms with E-state index in [9.17, 15) is 0 Å².